The number of carbonyl (C=O) groups excluding carboxylic acids is 1. The Morgan fingerprint density at radius 1 is 1.26 bits per heavy atom. The van der Waals surface area contributed by atoms with Crippen LogP contribution in [0.2, 0.25) is 0 Å². The second-order valence-electron chi connectivity index (χ2n) is 4.50. The predicted octanol–water partition coefficient (Wildman–Crippen LogP) is 0.362. The summed E-state index contributed by atoms with van der Waals surface area (Å²) < 4.78 is 23.0. The highest BCUT2D eigenvalue weighted by molar-refractivity contribution is 7.92. The van der Waals surface area contributed by atoms with Crippen molar-refractivity contribution in [1.29, 1.82) is 0 Å². The van der Waals surface area contributed by atoms with Gasteiger partial charge >= 0.3 is 12.0 Å². The van der Waals surface area contributed by atoms with Crippen LogP contribution in [0.1, 0.15) is 33.6 Å². The smallest absolute Gasteiger partial charge is 0.326 e. The normalized spacial score (nSPS) is 13.1. The van der Waals surface area contributed by atoms with E-state index in [0.717, 1.165) is 0 Å². The molecule has 0 fully saturated rings. The summed E-state index contributed by atoms with van der Waals surface area (Å²) >= 11 is 0. The number of carboxylic acids is 1. The average Bonchev–Trinajstić information content (AvgIpc) is 2.27. The number of carbonyl (C=O) groups is 2. The van der Waals surface area contributed by atoms with Crippen LogP contribution in [0.4, 0.5) is 4.79 Å². The first kappa shape index (κ1) is 17.7. The molecule has 0 saturated carbocycles. The minimum Gasteiger partial charge on any atom is -0.480 e. The van der Waals surface area contributed by atoms with Gasteiger partial charge in [-0.2, -0.15) is 0 Å². The first-order chi connectivity index (χ1) is 8.70. The van der Waals surface area contributed by atoms with Crippen molar-refractivity contribution in [3.8, 4) is 0 Å². The van der Waals surface area contributed by atoms with E-state index in [1.165, 1.54) is 0 Å². The van der Waals surface area contributed by atoms with Gasteiger partial charge < -0.3 is 15.7 Å². The zero-order chi connectivity index (χ0) is 15.1. The van der Waals surface area contributed by atoms with Gasteiger partial charge in [0.15, 0.2) is 9.84 Å². The van der Waals surface area contributed by atoms with E-state index in [9.17, 15) is 18.0 Å². The zero-order valence-corrected chi connectivity index (χ0v) is 12.3. The molecule has 7 nitrogen and oxygen atoms in total. The number of nitrogens with one attached hydrogen (secondary N) is 2. The second-order valence-corrected chi connectivity index (χ2v) is 7.17. The van der Waals surface area contributed by atoms with Crippen LogP contribution in [-0.2, 0) is 14.6 Å². The average molecular weight is 294 g/mol. The van der Waals surface area contributed by atoms with Crippen molar-refractivity contribution in [2.45, 2.75) is 44.9 Å². The van der Waals surface area contributed by atoms with Gasteiger partial charge in [0.25, 0.3) is 0 Å². The Balaban J connectivity index is 4.16. The number of aliphatic carboxylic acids is 1. The van der Waals surface area contributed by atoms with Crippen molar-refractivity contribution >= 4 is 21.8 Å². The lowest BCUT2D eigenvalue weighted by Crippen LogP contribution is -2.47. The van der Waals surface area contributed by atoms with E-state index >= 15 is 0 Å². The maximum atomic E-state index is 11.5. The third-order valence-corrected chi connectivity index (χ3v) is 4.78. The molecule has 1 unspecified atom stereocenters. The number of hydrogen-bond donors (Lipinski definition) is 3. The second kappa shape index (κ2) is 7.98. The summed E-state index contributed by atoms with van der Waals surface area (Å²) in [7, 11) is -3.21. The molecular weight excluding hydrogens is 272 g/mol. The lowest BCUT2D eigenvalue weighted by Gasteiger charge is -2.14. The molecule has 0 aliphatic carbocycles. The largest absolute Gasteiger partial charge is 0.480 e. The zero-order valence-electron chi connectivity index (χ0n) is 11.5. The van der Waals surface area contributed by atoms with Crippen molar-refractivity contribution in [3.05, 3.63) is 0 Å². The molecule has 3 N–H and O–H groups in total. The molecule has 0 heterocycles. The number of carboxylic acid groups (broad SMARTS) is 1. The van der Waals surface area contributed by atoms with Crippen LogP contribution in [-0.4, -0.2) is 49.1 Å². The highest BCUT2D eigenvalue weighted by Crippen LogP contribution is 1.99. The fraction of sp³-hybridized carbons (Fsp3) is 0.818. The van der Waals surface area contributed by atoms with Crippen molar-refractivity contribution in [2.24, 2.45) is 0 Å². The molecule has 0 aliphatic heterocycles. The van der Waals surface area contributed by atoms with Crippen LogP contribution >= 0.6 is 0 Å². The Kier molecular flexibility index (Phi) is 7.43. The molecule has 8 heteroatoms. The summed E-state index contributed by atoms with van der Waals surface area (Å²) in [5.41, 5.74) is 0. The fourth-order valence-corrected chi connectivity index (χ4v) is 2.16. The summed E-state index contributed by atoms with van der Waals surface area (Å²) in [5, 5.41) is 13.0. The van der Waals surface area contributed by atoms with E-state index in [1.54, 1.807) is 13.8 Å². The van der Waals surface area contributed by atoms with Gasteiger partial charge in [-0.3, -0.25) is 0 Å². The highest BCUT2D eigenvalue weighted by atomic mass is 32.2. The summed E-state index contributed by atoms with van der Waals surface area (Å²) in [6.45, 7) is 4.91. The SMILES string of the molecule is CCCC(NC(=O)NCCS(=O)(=O)C(C)C)C(=O)O. The minimum absolute atomic E-state index is 0.0369. The van der Waals surface area contributed by atoms with Crippen LogP contribution in [0.25, 0.3) is 0 Å². The molecule has 0 aromatic carbocycles. The van der Waals surface area contributed by atoms with E-state index in [2.05, 4.69) is 10.6 Å². The van der Waals surface area contributed by atoms with Gasteiger partial charge in [-0.1, -0.05) is 13.3 Å². The fourth-order valence-electron chi connectivity index (χ4n) is 1.30. The third kappa shape index (κ3) is 7.00. The molecule has 0 rings (SSSR count). The number of urea groups is 1. The lowest BCUT2D eigenvalue weighted by atomic mass is 10.2. The van der Waals surface area contributed by atoms with Gasteiger partial charge in [0, 0.05) is 6.54 Å². The Morgan fingerprint density at radius 3 is 2.26 bits per heavy atom. The Morgan fingerprint density at radius 2 is 1.84 bits per heavy atom. The van der Waals surface area contributed by atoms with Crippen LogP contribution < -0.4 is 10.6 Å². The molecule has 0 aromatic heterocycles. The number of sulfone groups is 1. The van der Waals surface area contributed by atoms with E-state index in [0.29, 0.717) is 12.8 Å². The molecule has 19 heavy (non-hydrogen) atoms. The van der Waals surface area contributed by atoms with Gasteiger partial charge in [0.05, 0.1) is 11.0 Å². The monoisotopic (exact) mass is 294 g/mol. The molecule has 0 saturated heterocycles. The number of amides is 2. The topological polar surface area (TPSA) is 113 Å². The standard InChI is InChI=1S/C11H22N2O5S/c1-4-5-9(10(14)15)13-11(16)12-6-7-19(17,18)8(2)3/h8-9H,4-7H2,1-3H3,(H,14,15)(H2,12,13,16). The van der Waals surface area contributed by atoms with Gasteiger partial charge in [0.2, 0.25) is 0 Å². The summed E-state index contributed by atoms with van der Waals surface area (Å²) in [6.07, 6.45) is 0.950. The number of hydrogen-bond acceptors (Lipinski definition) is 4. The van der Waals surface area contributed by atoms with E-state index in [-0.39, 0.29) is 12.3 Å². The molecule has 1 atom stereocenters. The Hall–Kier alpha value is -1.31. The van der Waals surface area contributed by atoms with Gasteiger partial charge in [-0.25, -0.2) is 18.0 Å². The third-order valence-electron chi connectivity index (χ3n) is 2.57. The van der Waals surface area contributed by atoms with E-state index < -0.39 is 33.1 Å². The summed E-state index contributed by atoms with van der Waals surface area (Å²) in [4.78, 5) is 22.2. The van der Waals surface area contributed by atoms with Gasteiger partial charge in [0.1, 0.15) is 6.04 Å². The molecule has 112 valence electrons. The molecule has 0 aliphatic rings. The molecular formula is C11H22N2O5S. The maximum Gasteiger partial charge on any atom is 0.326 e. The maximum absolute atomic E-state index is 11.5. The molecule has 0 aromatic rings. The first-order valence-electron chi connectivity index (χ1n) is 6.19. The Labute approximate surface area is 113 Å². The van der Waals surface area contributed by atoms with E-state index in [1.807, 2.05) is 6.92 Å². The quantitative estimate of drug-likeness (QED) is 0.598. The number of rotatable bonds is 8. The van der Waals surface area contributed by atoms with Gasteiger partial charge in [-0.05, 0) is 20.3 Å². The first-order valence-corrected chi connectivity index (χ1v) is 7.91. The summed E-state index contributed by atoms with van der Waals surface area (Å²) in [6, 6.07) is -1.62. The van der Waals surface area contributed by atoms with Crippen LogP contribution in [0.3, 0.4) is 0 Å². The van der Waals surface area contributed by atoms with Gasteiger partial charge in [-0.15, -0.1) is 0 Å². The van der Waals surface area contributed by atoms with Crippen molar-refractivity contribution in [3.63, 3.8) is 0 Å². The molecule has 0 radical (unpaired) electrons. The van der Waals surface area contributed by atoms with Crippen LogP contribution in [0, 0.1) is 0 Å². The summed E-state index contributed by atoms with van der Waals surface area (Å²) in [5.74, 6) is -1.27. The molecule has 0 bridgehead atoms. The minimum atomic E-state index is -3.21. The Bertz CT molecular complexity index is 405. The molecule has 2 amide bonds. The molecule has 0 spiro atoms. The van der Waals surface area contributed by atoms with Crippen LogP contribution in [0.5, 0.6) is 0 Å². The van der Waals surface area contributed by atoms with Crippen molar-refractivity contribution < 1.29 is 23.1 Å². The van der Waals surface area contributed by atoms with Crippen molar-refractivity contribution in [2.75, 3.05) is 12.3 Å². The predicted molar refractivity (Wildman–Crippen MR) is 71.8 cm³/mol. The highest BCUT2D eigenvalue weighted by Gasteiger charge is 2.19. The lowest BCUT2D eigenvalue weighted by molar-refractivity contribution is -0.139. The van der Waals surface area contributed by atoms with Crippen molar-refractivity contribution in [1.82, 2.24) is 10.6 Å². The van der Waals surface area contributed by atoms with Crippen LogP contribution in [0.15, 0.2) is 0 Å². The van der Waals surface area contributed by atoms with E-state index in [4.69, 9.17) is 5.11 Å².